The van der Waals surface area contributed by atoms with Gasteiger partial charge in [0.15, 0.2) is 0 Å². The number of carbonyl (C=O) groups is 2. The maximum atomic E-state index is 11.4. The molecule has 6 nitrogen and oxygen atoms in total. The van der Waals surface area contributed by atoms with Crippen molar-refractivity contribution >= 4 is 12.0 Å². The van der Waals surface area contributed by atoms with Crippen molar-refractivity contribution in [3.05, 3.63) is 0 Å². The van der Waals surface area contributed by atoms with Crippen molar-refractivity contribution in [2.24, 2.45) is 11.7 Å². The van der Waals surface area contributed by atoms with E-state index in [0.717, 1.165) is 25.7 Å². The molecule has 1 fully saturated rings. The topological polar surface area (TPSA) is 104 Å². The van der Waals surface area contributed by atoms with Crippen LogP contribution in [0.5, 0.6) is 0 Å². The van der Waals surface area contributed by atoms with E-state index in [2.05, 4.69) is 10.6 Å². The molecule has 18 heavy (non-hydrogen) atoms. The lowest BCUT2D eigenvalue weighted by Crippen LogP contribution is -2.47. The Morgan fingerprint density at radius 3 is 2.50 bits per heavy atom. The number of hydrogen-bond acceptors (Lipinski definition) is 3. The van der Waals surface area contributed by atoms with Crippen LogP contribution in [0.3, 0.4) is 0 Å². The Morgan fingerprint density at radius 2 is 1.94 bits per heavy atom. The van der Waals surface area contributed by atoms with Gasteiger partial charge in [-0.25, -0.2) is 9.59 Å². The molecule has 1 atom stereocenters. The number of urea groups is 1. The predicted molar refractivity (Wildman–Crippen MR) is 68.2 cm³/mol. The van der Waals surface area contributed by atoms with E-state index in [-0.39, 0.29) is 0 Å². The van der Waals surface area contributed by atoms with Crippen LogP contribution in [-0.2, 0) is 4.79 Å². The fourth-order valence-electron chi connectivity index (χ4n) is 2.37. The van der Waals surface area contributed by atoms with Gasteiger partial charge in [0.05, 0.1) is 0 Å². The van der Waals surface area contributed by atoms with Crippen LogP contribution < -0.4 is 16.4 Å². The quantitative estimate of drug-likeness (QED) is 0.561. The van der Waals surface area contributed by atoms with Crippen LogP contribution in [0, 0.1) is 5.92 Å². The number of carboxylic acids is 1. The third-order valence-electron chi connectivity index (χ3n) is 3.33. The highest BCUT2D eigenvalue weighted by Crippen LogP contribution is 2.27. The van der Waals surface area contributed by atoms with E-state index in [1.807, 2.05) is 0 Å². The second-order valence-electron chi connectivity index (χ2n) is 4.82. The third-order valence-corrected chi connectivity index (χ3v) is 3.33. The Kier molecular flexibility index (Phi) is 6.49. The molecule has 0 aromatic heterocycles. The van der Waals surface area contributed by atoms with E-state index >= 15 is 0 Å². The molecule has 0 saturated heterocycles. The number of carbonyl (C=O) groups excluding carboxylic acids is 1. The number of rotatable bonds is 6. The molecule has 6 heteroatoms. The van der Waals surface area contributed by atoms with Gasteiger partial charge in [-0.3, -0.25) is 0 Å². The van der Waals surface area contributed by atoms with Crippen molar-refractivity contribution in [3.63, 3.8) is 0 Å². The van der Waals surface area contributed by atoms with Crippen LogP contribution in [0.15, 0.2) is 0 Å². The second kappa shape index (κ2) is 7.92. The van der Waals surface area contributed by atoms with Gasteiger partial charge in [0.25, 0.3) is 0 Å². The molecule has 0 spiro atoms. The van der Waals surface area contributed by atoms with Crippen molar-refractivity contribution in [2.45, 2.75) is 44.6 Å². The van der Waals surface area contributed by atoms with E-state index in [4.69, 9.17) is 10.8 Å². The van der Waals surface area contributed by atoms with E-state index < -0.39 is 18.0 Å². The van der Waals surface area contributed by atoms with Gasteiger partial charge < -0.3 is 21.5 Å². The van der Waals surface area contributed by atoms with Gasteiger partial charge >= 0.3 is 12.0 Å². The average molecular weight is 257 g/mol. The fraction of sp³-hybridized carbons (Fsp3) is 0.833. The molecule has 1 aliphatic rings. The summed E-state index contributed by atoms with van der Waals surface area (Å²) >= 11 is 0. The Hall–Kier alpha value is -1.30. The first-order valence-electron chi connectivity index (χ1n) is 6.60. The molecule has 0 radical (unpaired) electrons. The molecule has 0 aliphatic heterocycles. The first-order valence-corrected chi connectivity index (χ1v) is 6.60. The Labute approximate surface area is 107 Å². The average Bonchev–Trinajstić information content (AvgIpc) is 2.36. The summed E-state index contributed by atoms with van der Waals surface area (Å²) < 4.78 is 0. The third kappa shape index (κ3) is 5.35. The molecule has 0 unspecified atom stereocenters. The molecule has 0 heterocycles. The number of nitrogens with one attached hydrogen (secondary N) is 2. The summed E-state index contributed by atoms with van der Waals surface area (Å²) in [5.74, 6) is -0.557. The van der Waals surface area contributed by atoms with Gasteiger partial charge in [-0.15, -0.1) is 0 Å². The summed E-state index contributed by atoms with van der Waals surface area (Å²) in [7, 11) is 0. The minimum atomic E-state index is -0.969. The highest BCUT2D eigenvalue weighted by atomic mass is 16.4. The molecule has 2 amide bonds. The Balaban J connectivity index is 2.38. The van der Waals surface area contributed by atoms with Crippen LogP contribution in [0.25, 0.3) is 0 Å². The lowest BCUT2D eigenvalue weighted by atomic mass is 9.85. The Bertz CT molecular complexity index is 278. The number of hydrogen-bond donors (Lipinski definition) is 4. The summed E-state index contributed by atoms with van der Waals surface area (Å²) in [5.41, 5.74) is 5.26. The van der Waals surface area contributed by atoms with Crippen molar-refractivity contribution in [1.82, 2.24) is 10.6 Å². The summed E-state index contributed by atoms with van der Waals surface area (Å²) in [6.07, 6.45) is 6.21. The molecular weight excluding hydrogens is 234 g/mol. The van der Waals surface area contributed by atoms with Crippen LogP contribution in [0.2, 0.25) is 0 Å². The molecule has 0 aromatic carbocycles. The zero-order chi connectivity index (χ0) is 13.4. The van der Waals surface area contributed by atoms with Crippen LogP contribution in [0.1, 0.15) is 38.5 Å². The first kappa shape index (κ1) is 14.8. The van der Waals surface area contributed by atoms with Gasteiger partial charge in [-0.1, -0.05) is 32.1 Å². The maximum Gasteiger partial charge on any atom is 0.326 e. The fourth-order valence-corrected chi connectivity index (χ4v) is 2.37. The van der Waals surface area contributed by atoms with Gasteiger partial charge in [0.1, 0.15) is 6.04 Å². The van der Waals surface area contributed by atoms with E-state index in [1.54, 1.807) is 0 Å². The minimum absolute atomic E-state index is 0.341. The number of aliphatic carboxylic acids is 1. The molecule has 0 bridgehead atoms. The van der Waals surface area contributed by atoms with Gasteiger partial charge in [-0.2, -0.15) is 0 Å². The molecular formula is C12H23N3O3. The van der Waals surface area contributed by atoms with Crippen molar-refractivity contribution in [3.8, 4) is 0 Å². The lowest BCUT2D eigenvalue weighted by molar-refractivity contribution is -0.139. The van der Waals surface area contributed by atoms with Crippen LogP contribution in [-0.4, -0.2) is 36.2 Å². The first-order chi connectivity index (χ1) is 8.63. The van der Waals surface area contributed by atoms with Crippen molar-refractivity contribution < 1.29 is 14.7 Å². The van der Waals surface area contributed by atoms with E-state index in [9.17, 15) is 9.59 Å². The van der Waals surface area contributed by atoms with Crippen molar-refractivity contribution in [1.29, 1.82) is 0 Å². The molecule has 1 saturated carbocycles. The smallest absolute Gasteiger partial charge is 0.326 e. The summed E-state index contributed by atoms with van der Waals surface area (Å²) in [5, 5.41) is 14.1. The summed E-state index contributed by atoms with van der Waals surface area (Å²) in [6, 6.07) is -1.26. The second-order valence-corrected chi connectivity index (χ2v) is 4.82. The van der Waals surface area contributed by atoms with Crippen LogP contribution >= 0.6 is 0 Å². The highest BCUT2D eigenvalue weighted by molar-refractivity contribution is 5.82. The predicted octanol–water partition coefficient (Wildman–Crippen LogP) is 0.668. The monoisotopic (exact) mass is 257 g/mol. The molecule has 0 aromatic rings. The van der Waals surface area contributed by atoms with Crippen LogP contribution in [0.4, 0.5) is 4.79 Å². The number of nitrogens with two attached hydrogens (primary N) is 1. The molecule has 5 N–H and O–H groups in total. The Morgan fingerprint density at radius 1 is 1.28 bits per heavy atom. The van der Waals surface area contributed by atoms with Crippen molar-refractivity contribution in [2.75, 3.05) is 13.1 Å². The molecule has 104 valence electrons. The zero-order valence-corrected chi connectivity index (χ0v) is 10.7. The maximum absolute atomic E-state index is 11.4. The normalized spacial score (nSPS) is 18.1. The van der Waals surface area contributed by atoms with E-state index in [1.165, 1.54) is 6.42 Å². The minimum Gasteiger partial charge on any atom is -0.480 e. The summed E-state index contributed by atoms with van der Waals surface area (Å²) in [6.45, 7) is 0.690. The standard InChI is InChI=1S/C12H23N3O3/c13-6-7-14-12(18)15-10(11(16)17)8-9-4-2-1-3-5-9/h9-10H,1-8,13H2,(H,16,17)(H2,14,15,18)/t10-/m1/s1. The van der Waals surface area contributed by atoms with Gasteiger partial charge in [0, 0.05) is 13.1 Å². The van der Waals surface area contributed by atoms with Gasteiger partial charge in [0.2, 0.25) is 0 Å². The number of amides is 2. The SMILES string of the molecule is NCCNC(=O)N[C@H](CC1CCCCC1)C(=O)O. The van der Waals surface area contributed by atoms with Gasteiger partial charge in [-0.05, 0) is 12.3 Å². The largest absolute Gasteiger partial charge is 0.480 e. The summed E-state index contributed by atoms with van der Waals surface area (Å²) in [4.78, 5) is 22.5. The zero-order valence-electron chi connectivity index (χ0n) is 10.7. The highest BCUT2D eigenvalue weighted by Gasteiger charge is 2.25. The molecule has 1 aliphatic carbocycles. The lowest BCUT2D eigenvalue weighted by Gasteiger charge is -2.25. The van der Waals surface area contributed by atoms with E-state index in [0.29, 0.717) is 25.4 Å². The molecule has 1 rings (SSSR count). The number of carboxylic acid groups (broad SMARTS) is 1.